The number of likely N-dealkylation sites (tertiary alicyclic amines) is 1. The quantitative estimate of drug-likeness (QED) is 0.0891. The van der Waals surface area contributed by atoms with Crippen LogP contribution in [0.5, 0.6) is 11.5 Å². The van der Waals surface area contributed by atoms with Gasteiger partial charge >= 0.3 is 0 Å². The van der Waals surface area contributed by atoms with Gasteiger partial charge in [-0.15, -0.1) is 0 Å². The van der Waals surface area contributed by atoms with Gasteiger partial charge in [0.25, 0.3) is 11.8 Å². The van der Waals surface area contributed by atoms with Gasteiger partial charge in [0.1, 0.15) is 11.3 Å². The molecule has 0 aliphatic carbocycles. The van der Waals surface area contributed by atoms with Crippen molar-refractivity contribution in [1.82, 2.24) is 14.4 Å². The van der Waals surface area contributed by atoms with Gasteiger partial charge in [-0.1, -0.05) is 0 Å². The number of nitrogens with one attached hydrogen (secondary N) is 2. The summed E-state index contributed by atoms with van der Waals surface area (Å²) in [5, 5.41) is 6.41. The van der Waals surface area contributed by atoms with Crippen LogP contribution in [0.25, 0.3) is 11.0 Å². The molecule has 50 heavy (non-hydrogen) atoms. The lowest BCUT2D eigenvalue weighted by atomic mass is 10.1. The third-order valence-electron chi connectivity index (χ3n) is 8.77. The van der Waals surface area contributed by atoms with Gasteiger partial charge < -0.3 is 34.0 Å². The van der Waals surface area contributed by atoms with Crippen molar-refractivity contribution in [2.45, 2.75) is 45.6 Å². The van der Waals surface area contributed by atoms with E-state index in [-0.39, 0.29) is 42.6 Å². The van der Waals surface area contributed by atoms with Crippen molar-refractivity contribution < 1.29 is 33.1 Å². The summed E-state index contributed by atoms with van der Waals surface area (Å²) in [6, 6.07) is 12.0. The lowest BCUT2D eigenvalue weighted by Crippen LogP contribution is -2.30. The number of rotatable bonds is 15. The zero-order valence-corrected chi connectivity index (χ0v) is 29.2. The van der Waals surface area contributed by atoms with E-state index in [1.54, 1.807) is 65.2 Å². The van der Waals surface area contributed by atoms with E-state index in [9.17, 15) is 19.2 Å². The number of carbonyl (C=O) groups is 4. The molecule has 1 aliphatic heterocycles. The second-order valence-electron chi connectivity index (χ2n) is 12.2. The Morgan fingerprint density at radius 2 is 1.84 bits per heavy atom. The van der Waals surface area contributed by atoms with Crippen LogP contribution in [-0.4, -0.2) is 91.0 Å². The van der Waals surface area contributed by atoms with Crippen LogP contribution in [0.3, 0.4) is 0 Å². The third kappa shape index (κ3) is 8.40. The Morgan fingerprint density at radius 1 is 1.04 bits per heavy atom. The standard InChI is InChI=1S/C37H44N6O7/c1-6-43(7-2)37(47)34-17-24-16-26(12-13-31(24)50-34)40-36(46)30-19-27(22-42(30)4)39-35(45)11-9-15-49-33-20-29(25(23-44)18-32(33)48-5)38-21-28-10-8-14-41(28)3/h12-13,16-23,28H,6-11,14-15H2,1-5H3,(H,39,45)(H,40,46)/b38-21-. The van der Waals surface area contributed by atoms with Crippen LogP contribution in [0.2, 0.25) is 0 Å². The molecule has 0 bridgehead atoms. The van der Waals surface area contributed by atoms with Crippen LogP contribution in [-0.2, 0) is 11.8 Å². The first-order valence-electron chi connectivity index (χ1n) is 16.8. The lowest BCUT2D eigenvalue weighted by molar-refractivity contribution is -0.116. The van der Waals surface area contributed by atoms with Gasteiger partial charge in [0.05, 0.1) is 25.1 Å². The van der Waals surface area contributed by atoms with Crippen LogP contribution < -0.4 is 20.1 Å². The number of nitrogens with zero attached hydrogens (tertiary/aromatic N) is 4. The molecule has 5 rings (SSSR count). The number of methoxy groups -OCH3 is 1. The highest BCUT2D eigenvalue weighted by Crippen LogP contribution is 2.35. The highest BCUT2D eigenvalue weighted by molar-refractivity contribution is 6.05. The first-order valence-corrected chi connectivity index (χ1v) is 16.8. The fourth-order valence-corrected chi connectivity index (χ4v) is 5.92. The van der Waals surface area contributed by atoms with E-state index in [1.807, 2.05) is 20.1 Å². The van der Waals surface area contributed by atoms with Crippen molar-refractivity contribution in [3.8, 4) is 11.5 Å². The maximum atomic E-state index is 13.1. The summed E-state index contributed by atoms with van der Waals surface area (Å²) in [5.41, 5.74) is 2.81. The van der Waals surface area contributed by atoms with Gasteiger partial charge in [0.15, 0.2) is 23.5 Å². The number of hydrogen-bond acceptors (Lipinski definition) is 9. The van der Waals surface area contributed by atoms with Gasteiger partial charge in [0.2, 0.25) is 5.91 Å². The fraction of sp³-hybridized carbons (Fsp3) is 0.378. The number of ether oxygens (including phenoxy) is 2. The van der Waals surface area contributed by atoms with Crippen molar-refractivity contribution in [2.75, 3.05) is 51.0 Å². The second kappa shape index (κ2) is 16.3. The molecule has 1 fully saturated rings. The maximum absolute atomic E-state index is 13.1. The van der Waals surface area contributed by atoms with E-state index in [0.717, 1.165) is 25.7 Å². The predicted molar refractivity (Wildman–Crippen MR) is 192 cm³/mol. The lowest BCUT2D eigenvalue weighted by Gasteiger charge is -2.16. The Bertz CT molecular complexity index is 1890. The molecule has 2 N–H and O–H groups in total. The number of hydrogen-bond donors (Lipinski definition) is 2. The van der Waals surface area contributed by atoms with Crippen LogP contribution in [0.4, 0.5) is 17.1 Å². The van der Waals surface area contributed by atoms with E-state index in [1.165, 1.54) is 7.11 Å². The van der Waals surface area contributed by atoms with Crippen LogP contribution in [0, 0.1) is 0 Å². The zero-order chi connectivity index (χ0) is 35.8. The monoisotopic (exact) mass is 684 g/mol. The molecule has 1 atom stereocenters. The fourth-order valence-electron chi connectivity index (χ4n) is 5.92. The topological polar surface area (TPSA) is 148 Å². The number of fused-ring (bicyclic) bond motifs is 1. The maximum Gasteiger partial charge on any atom is 0.289 e. The molecule has 2 aromatic heterocycles. The first kappa shape index (κ1) is 35.9. The molecule has 3 amide bonds. The molecule has 264 valence electrons. The molecule has 3 heterocycles. The SMILES string of the molecule is CCN(CC)C(=O)c1cc2cc(NC(=O)c3cc(NC(=O)CCCOc4cc(/N=C\C5CCCN5C)c(C=O)cc4OC)cn3C)ccc2o1. The average Bonchev–Trinajstić information content (AvgIpc) is 3.83. The number of anilines is 2. The third-order valence-corrected chi connectivity index (χ3v) is 8.77. The number of aliphatic imine (C=N–C) groups is 1. The van der Waals surface area contributed by atoms with Gasteiger partial charge in [0, 0.05) is 67.7 Å². The molecule has 13 heteroatoms. The van der Waals surface area contributed by atoms with Crippen LogP contribution >= 0.6 is 0 Å². The average molecular weight is 685 g/mol. The van der Waals surface area contributed by atoms with Crippen molar-refractivity contribution in [2.24, 2.45) is 12.0 Å². The number of furan rings is 1. The highest BCUT2D eigenvalue weighted by Gasteiger charge is 2.20. The van der Waals surface area contributed by atoms with E-state index in [4.69, 9.17) is 13.9 Å². The van der Waals surface area contributed by atoms with Gasteiger partial charge in [-0.3, -0.25) is 29.1 Å². The minimum atomic E-state index is -0.364. The minimum Gasteiger partial charge on any atom is -0.493 e. The summed E-state index contributed by atoms with van der Waals surface area (Å²) < 4.78 is 18.8. The van der Waals surface area contributed by atoms with E-state index in [0.29, 0.717) is 70.3 Å². The molecule has 1 unspecified atom stereocenters. The Hall–Kier alpha value is -5.43. The number of aldehydes is 1. The Balaban J connectivity index is 1.14. The molecule has 4 aromatic rings. The Kier molecular flexibility index (Phi) is 11.7. The summed E-state index contributed by atoms with van der Waals surface area (Å²) in [7, 11) is 5.27. The van der Waals surface area contributed by atoms with Crippen LogP contribution in [0.1, 0.15) is 70.9 Å². The summed E-state index contributed by atoms with van der Waals surface area (Å²) in [5.74, 6) is 0.304. The highest BCUT2D eigenvalue weighted by atomic mass is 16.5. The Morgan fingerprint density at radius 3 is 2.54 bits per heavy atom. The van der Waals surface area contributed by atoms with Crippen molar-refractivity contribution in [3.63, 3.8) is 0 Å². The largest absolute Gasteiger partial charge is 0.493 e. The molecular formula is C37H44N6O7. The molecule has 1 aliphatic rings. The van der Waals surface area contributed by atoms with Gasteiger partial charge in [-0.05, 0) is 83.1 Å². The van der Waals surface area contributed by atoms with E-state index < -0.39 is 0 Å². The predicted octanol–water partition coefficient (Wildman–Crippen LogP) is 5.92. The molecule has 13 nitrogen and oxygen atoms in total. The van der Waals surface area contributed by atoms with E-state index >= 15 is 0 Å². The number of carbonyl (C=O) groups excluding carboxylic acids is 4. The molecule has 0 saturated carbocycles. The van der Waals surface area contributed by atoms with Gasteiger partial charge in [-0.25, -0.2) is 0 Å². The number of amides is 3. The first-order chi connectivity index (χ1) is 24.1. The van der Waals surface area contributed by atoms with E-state index in [2.05, 4.69) is 27.6 Å². The molecule has 0 spiro atoms. The zero-order valence-electron chi connectivity index (χ0n) is 29.2. The molecule has 1 saturated heterocycles. The van der Waals surface area contributed by atoms with Gasteiger partial charge in [-0.2, -0.15) is 0 Å². The Labute approximate surface area is 291 Å². The number of aromatic nitrogens is 1. The summed E-state index contributed by atoms with van der Waals surface area (Å²) >= 11 is 0. The summed E-state index contributed by atoms with van der Waals surface area (Å²) in [4.78, 5) is 58.8. The van der Waals surface area contributed by atoms with Crippen molar-refractivity contribution in [1.29, 1.82) is 0 Å². The minimum absolute atomic E-state index is 0.174. The summed E-state index contributed by atoms with van der Waals surface area (Å²) in [6.07, 6.45) is 6.98. The normalized spacial score (nSPS) is 14.6. The molecule has 0 radical (unpaired) electrons. The summed E-state index contributed by atoms with van der Waals surface area (Å²) in [6.45, 7) is 6.21. The second-order valence-corrected chi connectivity index (χ2v) is 12.2. The van der Waals surface area contributed by atoms with Crippen molar-refractivity contribution in [3.05, 3.63) is 65.7 Å². The number of aryl methyl sites for hydroxylation is 1. The number of benzene rings is 2. The smallest absolute Gasteiger partial charge is 0.289 e. The molecular weight excluding hydrogens is 640 g/mol. The molecule has 2 aromatic carbocycles. The van der Waals surface area contributed by atoms with Crippen molar-refractivity contribution >= 4 is 58.3 Å². The van der Waals surface area contributed by atoms with Crippen LogP contribution in [0.15, 0.2) is 58.1 Å².